The maximum atomic E-state index is 13.0. The third-order valence-corrected chi connectivity index (χ3v) is 20.6. The number of ether oxygens (including phenoxy) is 3. The van der Waals surface area contributed by atoms with E-state index in [1.807, 2.05) is 160 Å². The van der Waals surface area contributed by atoms with Gasteiger partial charge in [0, 0.05) is 0 Å². The molecule has 5 rings (SSSR count). The first-order valence-corrected chi connectivity index (χ1v) is 35.7. The second-order valence-electron chi connectivity index (χ2n) is 33.0. The molecule has 0 spiro atoms. The van der Waals surface area contributed by atoms with Crippen LogP contribution >= 0.6 is 0 Å². The fourth-order valence-electron chi connectivity index (χ4n) is 13.5. The van der Waals surface area contributed by atoms with E-state index in [-0.39, 0.29) is 65.3 Å². The van der Waals surface area contributed by atoms with Crippen LogP contribution in [0.1, 0.15) is 316 Å². The lowest BCUT2D eigenvalue weighted by Crippen LogP contribution is -2.40. The van der Waals surface area contributed by atoms with Crippen molar-refractivity contribution in [3.63, 3.8) is 0 Å². The normalized spacial score (nSPS) is 16.1. The summed E-state index contributed by atoms with van der Waals surface area (Å²) in [5.74, 6) is 1.20. The SMILES string of the molecule is CCC(C)(C)C(=O)Oc1cc(C(O)(C(C)C)C(C)C)cc(C(O)(C(C)C)C(C)C)c1.CCC(C)(C)C(=O)Oc1cc(C(O)(CC(C)C)CC(C)C)cc(C(O)(CC(C)C)CC(C)C)c1.CCC(C)(C)C(=O)Oc1cc(C2(O)CCCCC2)cc(C2(O)CCCCC2)c1. The Balaban J connectivity index is 0.000000362. The number of esters is 3. The second kappa shape index (κ2) is 33.2. The van der Waals surface area contributed by atoms with Gasteiger partial charge in [-0.25, -0.2) is 0 Å². The molecule has 0 amide bonds. The molecule has 0 saturated heterocycles. The molecule has 0 heterocycles. The van der Waals surface area contributed by atoms with Crippen LogP contribution in [0.3, 0.4) is 0 Å². The summed E-state index contributed by atoms with van der Waals surface area (Å²) >= 11 is 0. The average Bonchev–Trinajstić information content (AvgIpc) is 0.781. The Morgan fingerprint density at radius 1 is 0.370 bits per heavy atom. The van der Waals surface area contributed by atoms with Gasteiger partial charge in [-0.3, -0.25) is 14.4 Å². The highest BCUT2D eigenvalue weighted by Crippen LogP contribution is 2.48. The summed E-state index contributed by atoms with van der Waals surface area (Å²) in [4.78, 5) is 38.4. The number of hydrogen-bond donors (Lipinski definition) is 6. The van der Waals surface area contributed by atoms with E-state index in [2.05, 4.69) is 55.4 Å². The van der Waals surface area contributed by atoms with Crippen molar-refractivity contribution in [1.82, 2.24) is 0 Å². The summed E-state index contributed by atoms with van der Waals surface area (Å²) in [5, 5.41) is 69.7. The van der Waals surface area contributed by atoms with E-state index in [9.17, 15) is 45.0 Å². The predicted molar refractivity (Wildman–Crippen MR) is 375 cm³/mol. The van der Waals surface area contributed by atoms with Crippen molar-refractivity contribution in [3.8, 4) is 17.2 Å². The minimum absolute atomic E-state index is 0.0606. The van der Waals surface area contributed by atoms with Gasteiger partial charge in [0.25, 0.3) is 0 Å². The van der Waals surface area contributed by atoms with Crippen molar-refractivity contribution >= 4 is 17.9 Å². The van der Waals surface area contributed by atoms with Crippen LogP contribution in [0.2, 0.25) is 0 Å². The van der Waals surface area contributed by atoms with Gasteiger partial charge >= 0.3 is 17.9 Å². The molecule has 12 nitrogen and oxygen atoms in total. The molecule has 6 N–H and O–H groups in total. The maximum Gasteiger partial charge on any atom is 0.316 e. The predicted octanol–water partition coefficient (Wildman–Crippen LogP) is 18.9. The van der Waals surface area contributed by atoms with Gasteiger partial charge in [-0.1, -0.05) is 170 Å². The third kappa shape index (κ3) is 21.2. The fraction of sp³-hybridized carbons (Fsp3) is 0.738. The van der Waals surface area contributed by atoms with Crippen LogP contribution in [0.15, 0.2) is 54.6 Å². The van der Waals surface area contributed by atoms with Crippen molar-refractivity contribution in [2.75, 3.05) is 0 Å². The van der Waals surface area contributed by atoms with E-state index < -0.39 is 49.9 Å². The Bertz CT molecular complexity index is 2640. The zero-order chi connectivity index (χ0) is 70.6. The maximum absolute atomic E-state index is 13.0. The topological polar surface area (TPSA) is 200 Å². The molecule has 2 aliphatic rings. The number of carbonyl (C=O) groups excluding carboxylic acids is 3. The lowest BCUT2D eigenvalue weighted by Gasteiger charge is -2.40. The Hall–Kier alpha value is -4.17. The molecule has 2 aliphatic carbocycles. The number of aliphatic hydroxyl groups is 6. The van der Waals surface area contributed by atoms with E-state index in [0.717, 1.165) is 60.8 Å². The van der Waals surface area contributed by atoms with Crippen LogP contribution in [0.4, 0.5) is 0 Å². The Morgan fingerprint density at radius 3 is 0.826 bits per heavy atom. The molecule has 0 bridgehead atoms. The van der Waals surface area contributed by atoms with Crippen molar-refractivity contribution in [2.45, 2.75) is 316 Å². The minimum atomic E-state index is -1.12. The molecule has 524 valence electrons. The first kappa shape index (κ1) is 82.1. The summed E-state index contributed by atoms with van der Waals surface area (Å²) in [6.07, 6.45) is 13.4. The van der Waals surface area contributed by atoms with Gasteiger partial charge < -0.3 is 44.8 Å². The van der Waals surface area contributed by atoms with Gasteiger partial charge in [0.15, 0.2) is 0 Å². The second-order valence-corrected chi connectivity index (χ2v) is 33.0. The molecule has 92 heavy (non-hydrogen) atoms. The van der Waals surface area contributed by atoms with Crippen LogP contribution in [0, 0.1) is 63.6 Å². The monoisotopic (exact) mass is 1280 g/mol. The van der Waals surface area contributed by atoms with E-state index in [1.165, 1.54) is 0 Å². The standard InChI is InChI=1S/C30H52O4.C26H44O4.C24H36O4/c1-12-28(10,11)27(31)34-26-14-24(29(32,16-20(2)3)17-21(4)5)13-25(15-26)30(33,18-22(6)7)19-23(8)9;1-12-24(10,11)23(27)30-22-14-20(25(28,16(2)3)17(4)5)13-21(15-22)26(29,18(6)7)19(8)9;1-4-22(2,3)21(25)28-20-16-18(23(26)11-7-5-8-12-23)15-19(17-20)24(27)13-9-6-10-14-24/h13-15,20-23,32-33H,12,16-19H2,1-11H3;13-19,28-29H,12H2,1-11H3;15-17,26-27H,4-14H2,1-3H3. The van der Waals surface area contributed by atoms with Gasteiger partial charge in [-0.2, -0.15) is 0 Å². The molecule has 0 radical (unpaired) electrons. The lowest BCUT2D eigenvalue weighted by atomic mass is 9.71. The quantitative estimate of drug-likeness (QED) is 0.0312. The van der Waals surface area contributed by atoms with Gasteiger partial charge in [0.2, 0.25) is 0 Å². The highest BCUT2D eigenvalue weighted by molar-refractivity contribution is 5.79. The molecule has 0 aromatic heterocycles. The van der Waals surface area contributed by atoms with E-state index >= 15 is 0 Å². The molecule has 2 fully saturated rings. The van der Waals surface area contributed by atoms with Crippen LogP contribution in [-0.4, -0.2) is 48.5 Å². The summed E-state index contributed by atoms with van der Waals surface area (Å²) < 4.78 is 17.5. The van der Waals surface area contributed by atoms with Crippen LogP contribution in [-0.2, 0) is 48.0 Å². The summed E-state index contributed by atoms with van der Waals surface area (Å²) in [5.41, 5.74) is -3.66. The van der Waals surface area contributed by atoms with E-state index in [4.69, 9.17) is 14.2 Å². The smallest absolute Gasteiger partial charge is 0.316 e. The minimum Gasteiger partial charge on any atom is -0.426 e. The average molecular weight is 1290 g/mol. The van der Waals surface area contributed by atoms with E-state index in [1.54, 1.807) is 12.1 Å². The van der Waals surface area contributed by atoms with Crippen LogP contribution < -0.4 is 14.2 Å². The highest BCUT2D eigenvalue weighted by Gasteiger charge is 2.44. The molecule has 0 atom stereocenters. The summed E-state index contributed by atoms with van der Waals surface area (Å²) in [7, 11) is 0. The molecule has 0 unspecified atom stereocenters. The largest absolute Gasteiger partial charge is 0.426 e. The first-order valence-electron chi connectivity index (χ1n) is 35.7. The third-order valence-electron chi connectivity index (χ3n) is 20.6. The molecule has 0 aliphatic heterocycles. The first-order chi connectivity index (χ1) is 42.2. The van der Waals surface area contributed by atoms with E-state index in [0.29, 0.717) is 99.0 Å². The van der Waals surface area contributed by atoms with Gasteiger partial charge in [0.1, 0.15) is 17.2 Å². The lowest BCUT2D eigenvalue weighted by molar-refractivity contribution is -0.145. The van der Waals surface area contributed by atoms with Crippen molar-refractivity contribution in [3.05, 3.63) is 88.0 Å². The van der Waals surface area contributed by atoms with Crippen molar-refractivity contribution < 1.29 is 59.2 Å². The van der Waals surface area contributed by atoms with Crippen LogP contribution in [0.5, 0.6) is 17.2 Å². The van der Waals surface area contributed by atoms with Gasteiger partial charge in [-0.15, -0.1) is 0 Å². The summed E-state index contributed by atoms with van der Waals surface area (Å²) in [6, 6.07) is 16.6. The molecular weight excluding hydrogens is 1150 g/mol. The fourth-order valence-corrected chi connectivity index (χ4v) is 13.5. The van der Waals surface area contributed by atoms with Gasteiger partial charge in [0.05, 0.1) is 49.9 Å². The summed E-state index contributed by atoms with van der Waals surface area (Å²) in [6.45, 7) is 49.8. The Kier molecular flexibility index (Phi) is 29.6. The molecule has 2 saturated carbocycles. The molecule has 12 heteroatoms. The zero-order valence-electron chi connectivity index (χ0n) is 62.5. The zero-order valence-corrected chi connectivity index (χ0v) is 62.5. The number of benzene rings is 3. The van der Waals surface area contributed by atoms with Crippen molar-refractivity contribution in [1.29, 1.82) is 0 Å². The Morgan fingerprint density at radius 2 is 0.598 bits per heavy atom. The molecule has 3 aromatic rings. The molecule has 3 aromatic carbocycles. The Labute approximate surface area is 559 Å². The number of rotatable bonds is 27. The number of hydrogen-bond acceptors (Lipinski definition) is 12. The number of carbonyl (C=O) groups is 3. The highest BCUT2D eigenvalue weighted by atomic mass is 16.5. The van der Waals surface area contributed by atoms with Crippen LogP contribution in [0.25, 0.3) is 0 Å². The van der Waals surface area contributed by atoms with Gasteiger partial charge in [-0.05, 0) is 247 Å². The van der Waals surface area contributed by atoms with Crippen molar-refractivity contribution in [2.24, 2.45) is 63.6 Å². The molecular formula is C80H132O12.